The van der Waals surface area contributed by atoms with Crippen LogP contribution in [0, 0.1) is 0 Å². The molecule has 1 heterocycles. The molecule has 0 aromatic heterocycles. The minimum absolute atomic E-state index is 0.169. The number of para-hydroxylation sites is 1. The highest BCUT2D eigenvalue weighted by molar-refractivity contribution is 6.30. The monoisotopic (exact) mass is 329 g/mol. The zero-order valence-electron chi connectivity index (χ0n) is 12.7. The van der Waals surface area contributed by atoms with Crippen molar-refractivity contribution in [3.05, 3.63) is 59.1 Å². The SMILES string of the molecule is CCOC(=O)C1C(=O)Cc2cc(Cl)ccc2N1c1ccccc1. The Morgan fingerprint density at radius 3 is 2.70 bits per heavy atom. The molecular weight excluding hydrogens is 314 g/mol. The van der Waals surface area contributed by atoms with Gasteiger partial charge in [0.25, 0.3) is 0 Å². The second kappa shape index (κ2) is 6.42. The topological polar surface area (TPSA) is 46.6 Å². The first-order valence-corrected chi connectivity index (χ1v) is 7.81. The van der Waals surface area contributed by atoms with E-state index in [9.17, 15) is 9.59 Å². The number of esters is 1. The highest BCUT2D eigenvalue weighted by Crippen LogP contribution is 2.37. The zero-order chi connectivity index (χ0) is 16.4. The van der Waals surface area contributed by atoms with Crippen LogP contribution in [0.3, 0.4) is 0 Å². The third-order valence-electron chi connectivity index (χ3n) is 3.77. The maximum absolute atomic E-state index is 12.6. The third-order valence-corrected chi connectivity index (χ3v) is 4.01. The zero-order valence-corrected chi connectivity index (χ0v) is 13.4. The molecule has 1 aliphatic heterocycles. The molecule has 0 radical (unpaired) electrons. The van der Waals surface area contributed by atoms with Gasteiger partial charge in [-0.15, -0.1) is 0 Å². The lowest BCUT2D eigenvalue weighted by atomic mass is 9.93. The third kappa shape index (κ3) is 2.94. The molecule has 1 atom stereocenters. The van der Waals surface area contributed by atoms with E-state index < -0.39 is 12.0 Å². The molecule has 0 fully saturated rings. The molecule has 2 aromatic rings. The van der Waals surface area contributed by atoms with Crippen LogP contribution in [-0.2, 0) is 20.7 Å². The summed E-state index contributed by atoms with van der Waals surface area (Å²) in [5.74, 6) is -0.718. The van der Waals surface area contributed by atoms with Gasteiger partial charge in [-0.25, -0.2) is 4.79 Å². The molecule has 0 spiro atoms. The van der Waals surface area contributed by atoms with E-state index in [0.29, 0.717) is 5.02 Å². The van der Waals surface area contributed by atoms with Crippen LogP contribution >= 0.6 is 11.6 Å². The van der Waals surface area contributed by atoms with Gasteiger partial charge in [0.1, 0.15) is 0 Å². The van der Waals surface area contributed by atoms with Gasteiger partial charge in [0.15, 0.2) is 11.8 Å². The molecule has 1 aliphatic rings. The van der Waals surface area contributed by atoms with E-state index in [-0.39, 0.29) is 18.8 Å². The van der Waals surface area contributed by atoms with Crippen molar-refractivity contribution >= 4 is 34.7 Å². The number of hydrogen-bond acceptors (Lipinski definition) is 4. The Bertz CT molecular complexity index is 745. The summed E-state index contributed by atoms with van der Waals surface area (Å²) in [4.78, 5) is 26.7. The van der Waals surface area contributed by atoms with Crippen molar-refractivity contribution in [1.29, 1.82) is 0 Å². The van der Waals surface area contributed by atoms with E-state index in [1.54, 1.807) is 24.0 Å². The summed E-state index contributed by atoms with van der Waals surface area (Å²) < 4.78 is 5.11. The fourth-order valence-corrected chi connectivity index (χ4v) is 3.03. The summed E-state index contributed by atoms with van der Waals surface area (Å²) in [5, 5.41) is 0.569. The summed E-state index contributed by atoms with van der Waals surface area (Å²) in [6.45, 7) is 1.96. The van der Waals surface area contributed by atoms with Gasteiger partial charge in [-0.05, 0) is 42.8 Å². The Kier molecular flexibility index (Phi) is 4.35. The molecule has 0 amide bonds. The van der Waals surface area contributed by atoms with Gasteiger partial charge in [-0.3, -0.25) is 4.79 Å². The van der Waals surface area contributed by atoms with Crippen molar-refractivity contribution in [3.8, 4) is 0 Å². The first-order valence-electron chi connectivity index (χ1n) is 7.44. The molecule has 0 saturated carbocycles. The van der Waals surface area contributed by atoms with Crippen LogP contribution in [0.2, 0.25) is 5.02 Å². The number of nitrogens with zero attached hydrogens (tertiary/aromatic N) is 1. The summed E-state index contributed by atoms with van der Waals surface area (Å²) in [5.41, 5.74) is 2.38. The lowest BCUT2D eigenvalue weighted by Gasteiger charge is -2.36. The fourth-order valence-electron chi connectivity index (χ4n) is 2.83. The summed E-state index contributed by atoms with van der Waals surface area (Å²) >= 11 is 6.05. The molecule has 0 bridgehead atoms. The lowest BCUT2D eigenvalue weighted by Crippen LogP contribution is -2.49. The number of ketones is 1. The lowest BCUT2D eigenvalue weighted by molar-refractivity contribution is -0.147. The van der Waals surface area contributed by atoms with Gasteiger partial charge < -0.3 is 9.64 Å². The number of carbonyl (C=O) groups excluding carboxylic acids is 2. The summed E-state index contributed by atoms with van der Waals surface area (Å²) in [6.07, 6.45) is 0.169. The normalized spacial score (nSPS) is 16.9. The van der Waals surface area contributed by atoms with Crippen LogP contribution in [-0.4, -0.2) is 24.4 Å². The molecule has 4 nitrogen and oxygen atoms in total. The van der Waals surface area contributed by atoms with Gasteiger partial charge in [-0.2, -0.15) is 0 Å². The van der Waals surface area contributed by atoms with Crippen molar-refractivity contribution < 1.29 is 14.3 Å². The molecule has 118 valence electrons. The van der Waals surface area contributed by atoms with Gasteiger partial charge in [0.05, 0.1) is 6.61 Å². The molecule has 23 heavy (non-hydrogen) atoms. The molecule has 1 unspecified atom stereocenters. The smallest absolute Gasteiger partial charge is 0.336 e. The first kappa shape index (κ1) is 15.6. The van der Waals surface area contributed by atoms with Gasteiger partial charge >= 0.3 is 5.97 Å². The summed E-state index contributed by atoms with van der Waals surface area (Å²) in [7, 11) is 0. The highest BCUT2D eigenvalue weighted by Gasteiger charge is 2.40. The van der Waals surface area contributed by atoms with Crippen molar-refractivity contribution in [2.45, 2.75) is 19.4 Å². The fraction of sp³-hybridized carbons (Fsp3) is 0.222. The minimum atomic E-state index is -0.967. The Morgan fingerprint density at radius 2 is 2.00 bits per heavy atom. The molecule has 0 saturated heterocycles. The van der Waals surface area contributed by atoms with Crippen LogP contribution in [0.1, 0.15) is 12.5 Å². The van der Waals surface area contributed by atoms with E-state index in [1.807, 2.05) is 36.4 Å². The van der Waals surface area contributed by atoms with E-state index in [1.165, 1.54) is 0 Å². The highest BCUT2D eigenvalue weighted by atomic mass is 35.5. The number of benzene rings is 2. The average molecular weight is 330 g/mol. The van der Waals surface area contributed by atoms with E-state index in [4.69, 9.17) is 16.3 Å². The average Bonchev–Trinajstić information content (AvgIpc) is 2.54. The Hall–Kier alpha value is -2.33. The number of rotatable bonds is 3. The van der Waals surface area contributed by atoms with Crippen molar-refractivity contribution in [2.75, 3.05) is 11.5 Å². The van der Waals surface area contributed by atoms with Crippen molar-refractivity contribution in [3.63, 3.8) is 0 Å². The first-order chi connectivity index (χ1) is 11.1. The van der Waals surface area contributed by atoms with E-state index in [0.717, 1.165) is 16.9 Å². The quantitative estimate of drug-likeness (QED) is 0.638. The van der Waals surface area contributed by atoms with Crippen molar-refractivity contribution in [2.24, 2.45) is 0 Å². The van der Waals surface area contributed by atoms with E-state index >= 15 is 0 Å². The molecule has 3 rings (SSSR count). The molecular formula is C18H16ClNO3. The van der Waals surface area contributed by atoms with Crippen LogP contribution in [0.5, 0.6) is 0 Å². The second-order valence-corrected chi connectivity index (χ2v) is 5.71. The predicted molar refractivity (Wildman–Crippen MR) is 89.2 cm³/mol. The number of hydrogen-bond donors (Lipinski definition) is 0. The Balaban J connectivity index is 2.14. The van der Waals surface area contributed by atoms with Crippen LogP contribution < -0.4 is 4.90 Å². The number of fused-ring (bicyclic) bond motifs is 1. The molecule has 0 aliphatic carbocycles. The molecule has 0 N–H and O–H groups in total. The number of anilines is 2. The van der Waals surface area contributed by atoms with Crippen LogP contribution in [0.15, 0.2) is 48.5 Å². The van der Waals surface area contributed by atoms with E-state index in [2.05, 4.69) is 0 Å². The Morgan fingerprint density at radius 1 is 1.26 bits per heavy atom. The number of carbonyl (C=O) groups is 2. The van der Waals surface area contributed by atoms with Gasteiger partial charge in [-0.1, -0.05) is 29.8 Å². The minimum Gasteiger partial charge on any atom is -0.464 e. The van der Waals surface area contributed by atoms with Crippen LogP contribution in [0.4, 0.5) is 11.4 Å². The largest absolute Gasteiger partial charge is 0.464 e. The maximum Gasteiger partial charge on any atom is 0.336 e. The Labute approximate surface area is 139 Å². The van der Waals surface area contributed by atoms with Gasteiger partial charge in [0.2, 0.25) is 0 Å². The number of ether oxygens (including phenoxy) is 1. The van der Waals surface area contributed by atoms with Crippen molar-refractivity contribution in [1.82, 2.24) is 0 Å². The number of Topliss-reactive ketones (excluding diaryl/α,β-unsaturated/α-hetero) is 1. The second-order valence-electron chi connectivity index (χ2n) is 5.28. The standard InChI is InChI=1S/C18H16ClNO3/c1-2-23-18(22)17-16(21)11-12-10-13(19)8-9-15(12)20(17)14-6-4-3-5-7-14/h3-10,17H,2,11H2,1H3. The van der Waals surface area contributed by atoms with Gasteiger partial charge in [0, 0.05) is 22.8 Å². The van der Waals surface area contributed by atoms with Crippen LogP contribution in [0.25, 0.3) is 0 Å². The molecule has 2 aromatic carbocycles. The number of halogens is 1. The molecule has 5 heteroatoms. The summed E-state index contributed by atoms with van der Waals surface area (Å²) in [6, 6.07) is 13.7. The maximum atomic E-state index is 12.6. The predicted octanol–water partition coefficient (Wildman–Crippen LogP) is 3.54.